The number of aliphatic carboxylic acids is 1. The van der Waals surface area contributed by atoms with Gasteiger partial charge in [-0.05, 0) is 18.9 Å². The summed E-state index contributed by atoms with van der Waals surface area (Å²) < 4.78 is 1.60. The largest absolute Gasteiger partial charge is 0.479 e. The fourth-order valence-corrected chi connectivity index (χ4v) is 3.68. The van der Waals surface area contributed by atoms with Gasteiger partial charge in [-0.3, -0.25) is 4.68 Å². The monoisotopic (exact) mass is 348 g/mol. The van der Waals surface area contributed by atoms with Gasteiger partial charge < -0.3 is 14.9 Å². The van der Waals surface area contributed by atoms with Crippen molar-refractivity contribution >= 4 is 12.0 Å². The molecule has 2 amide bonds. The van der Waals surface area contributed by atoms with Crippen LogP contribution in [0.1, 0.15) is 52.1 Å². The molecule has 0 bridgehead atoms. The van der Waals surface area contributed by atoms with E-state index >= 15 is 0 Å². The van der Waals surface area contributed by atoms with Crippen LogP contribution in [0.5, 0.6) is 0 Å². The number of rotatable bonds is 2. The summed E-state index contributed by atoms with van der Waals surface area (Å²) in [6, 6.07) is 1.94. The lowest BCUT2D eigenvalue weighted by Crippen LogP contribution is -2.54. The van der Waals surface area contributed by atoms with Crippen molar-refractivity contribution in [1.29, 1.82) is 0 Å². The van der Waals surface area contributed by atoms with Crippen LogP contribution in [0.3, 0.4) is 0 Å². The Morgan fingerprint density at radius 3 is 2.12 bits per heavy atom. The van der Waals surface area contributed by atoms with Gasteiger partial charge in [-0.1, -0.05) is 20.8 Å². The van der Waals surface area contributed by atoms with Crippen molar-refractivity contribution in [3.05, 3.63) is 18.0 Å². The number of carbonyl (C=O) groups is 2. The number of carboxylic acids is 1. The number of urea groups is 1. The average molecular weight is 348 g/mol. The molecule has 3 heterocycles. The van der Waals surface area contributed by atoms with Gasteiger partial charge in [0.05, 0.1) is 5.69 Å². The first-order chi connectivity index (χ1) is 11.7. The molecule has 1 N–H and O–H groups in total. The van der Waals surface area contributed by atoms with Crippen molar-refractivity contribution in [3.8, 4) is 0 Å². The molecule has 0 aliphatic carbocycles. The Morgan fingerprint density at radius 1 is 1.08 bits per heavy atom. The number of aromatic nitrogens is 2. The minimum Gasteiger partial charge on any atom is -0.479 e. The van der Waals surface area contributed by atoms with Crippen LogP contribution in [0.4, 0.5) is 4.79 Å². The van der Waals surface area contributed by atoms with E-state index < -0.39 is 11.5 Å². The van der Waals surface area contributed by atoms with E-state index in [1.54, 1.807) is 15.8 Å². The molecule has 1 aromatic heterocycles. The molecule has 0 radical (unpaired) electrons. The Balaban J connectivity index is 1.76. The minimum atomic E-state index is -1.06. The summed E-state index contributed by atoms with van der Waals surface area (Å²) in [5, 5.41) is 14.5. The molecular formula is C18H28N4O3. The minimum absolute atomic E-state index is 0.0485. The molecule has 1 aromatic rings. The van der Waals surface area contributed by atoms with Gasteiger partial charge in [0, 0.05) is 50.6 Å². The summed E-state index contributed by atoms with van der Waals surface area (Å²) in [6.07, 6.45) is 4.65. The van der Waals surface area contributed by atoms with Gasteiger partial charge in [-0.25, -0.2) is 9.59 Å². The zero-order valence-electron chi connectivity index (χ0n) is 15.4. The lowest BCUT2D eigenvalue weighted by molar-refractivity contribution is -0.150. The third kappa shape index (κ3) is 3.24. The zero-order valence-corrected chi connectivity index (χ0v) is 15.4. The molecule has 0 spiro atoms. The summed E-state index contributed by atoms with van der Waals surface area (Å²) in [5.74, 6) is -0.871. The Hall–Kier alpha value is -2.05. The van der Waals surface area contributed by atoms with Crippen molar-refractivity contribution in [2.24, 2.45) is 0 Å². The predicted molar refractivity (Wildman–Crippen MR) is 93.5 cm³/mol. The molecule has 2 aliphatic rings. The van der Waals surface area contributed by atoms with E-state index in [1.165, 1.54) is 0 Å². The van der Waals surface area contributed by atoms with Crippen LogP contribution in [-0.4, -0.2) is 62.9 Å². The number of amides is 2. The Kier molecular flexibility index (Phi) is 4.51. The second kappa shape index (κ2) is 6.35. The molecule has 7 heteroatoms. The second-order valence-electron chi connectivity index (χ2n) is 8.20. The first-order valence-electron chi connectivity index (χ1n) is 9.08. The number of hydrogen-bond acceptors (Lipinski definition) is 3. The number of hydrogen-bond donors (Lipinski definition) is 1. The highest BCUT2D eigenvalue weighted by molar-refractivity contribution is 5.78. The van der Waals surface area contributed by atoms with Crippen LogP contribution < -0.4 is 0 Å². The van der Waals surface area contributed by atoms with Gasteiger partial charge in [-0.15, -0.1) is 0 Å². The number of piperidine rings is 1. The van der Waals surface area contributed by atoms with Crippen LogP contribution in [0.25, 0.3) is 0 Å². The topological polar surface area (TPSA) is 78.7 Å². The number of likely N-dealkylation sites (tertiary alicyclic amines) is 2. The zero-order chi connectivity index (χ0) is 18.2. The average Bonchev–Trinajstić information content (AvgIpc) is 3.25. The Labute approximate surface area is 148 Å². The van der Waals surface area contributed by atoms with E-state index in [0.717, 1.165) is 31.6 Å². The fraction of sp³-hybridized carbons (Fsp3) is 0.722. The SMILES string of the molecule is CC(C)(C)c1ccn(C2(C(=O)O)CCN(C(=O)N3CCCC3)CC2)n1. The lowest BCUT2D eigenvalue weighted by atomic mass is 9.88. The standard InChI is InChI=1S/C18H28N4O3/c1-17(2,3)14-6-11-22(19-14)18(15(23)24)7-12-21(13-8-18)16(25)20-9-4-5-10-20/h6,11H,4-5,7-10,12-13H2,1-3H3,(H,23,24). The highest BCUT2D eigenvalue weighted by Crippen LogP contribution is 2.32. The Bertz CT molecular complexity index is 648. The molecule has 2 saturated heterocycles. The summed E-state index contributed by atoms with van der Waals surface area (Å²) in [5.41, 5.74) is -0.313. The fourth-order valence-electron chi connectivity index (χ4n) is 3.68. The van der Waals surface area contributed by atoms with Gasteiger partial charge >= 0.3 is 12.0 Å². The van der Waals surface area contributed by atoms with E-state index in [9.17, 15) is 14.7 Å². The lowest BCUT2D eigenvalue weighted by Gasteiger charge is -2.40. The van der Waals surface area contributed by atoms with Gasteiger partial charge in [-0.2, -0.15) is 5.10 Å². The molecule has 2 aliphatic heterocycles. The smallest absolute Gasteiger partial charge is 0.331 e. The maximum Gasteiger partial charge on any atom is 0.331 e. The summed E-state index contributed by atoms with van der Waals surface area (Å²) in [7, 11) is 0. The molecule has 0 saturated carbocycles. The third-order valence-electron chi connectivity index (χ3n) is 5.43. The van der Waals surface area contributed by atoms with Crippen molar-refractivity contribution < 1.29 is 14.7 Å². The maximum atomic E-state index is 12.5. The third-order valence-corrected chi connectivity index (χ3v) is 5.43. The molecule has 0 aromatic carbocycles. The van der Waals surface area contributed by atoms with Crippen molar-refractivity contribution in [3.63, 3.8) is 0 Å². The number of carboxylic acid groups (broad SMARTS) is 1. The molecule has 3 rings (SSSR count). The molecule has 0 atom stereocenters. The quantitative estimate of drug-likeness (QED) is 0.889. The van der Waals surface area contributed by atoms with Crippen LogP contribution in [0.2, 0.25) is 0 Å². The molecule has 138 valence electrons. The van der Waals surface area contributed by atoms with Gasteiger partial charge in [0.15, 0.2) is 5.54 Å². The van der Waals surface area contributed by atoms with Crippen LogP contribution in [0, 0.1) is 0 Å². The highest BCUT2D eigenvalue weighted by atomic mass is 16.4. The van der Waals surface area contributed by atoms with Crippen LogP contribution >= 0.6 is 0 Å². The Morgan fingerprint density at radius 2 is 1.64 bits per heavy atom. The first kappa shape index (κ1) is 17.8. The molecule has 2 fully saturated rings. The van der Waals surface area contributed by atoms with Gasteiger partial charge in [0.1, 0.15) is 0 Å². The maximum absolute atomic E-state index is 12.5. The highest BCUT2D eigenvalue weighted by Gasteiger charge is 2.45. The van der Waals surface area contributed by atoms with Crippen LogP contribution in [-0.2, 0) is 15.7 Å². The van der Waals surface area contributed by atoms with Gasteiger partial charge in [0.25, 0.3) is 0 Å². The summed E-state index contributed by atoms with van der Waals surface area (Å²) in [4.78, 5) is 28.3. The van der Waals surface area contributed by atoms with E-state index in [1.807, 2.05) is 11.0 Å². The van der Waals surface area contributed by atoms with E-state index in [0.29, 0.717) is 25.9 Å². The van der Waals surface area contributed by atoms with Gasteiger partial charge in [0.2, 0.25) is 0 Å². The summed E-state index contributed by atoms with van der Waals surface area (Å²) in [6.45, 7) is 8.71. The number of nitrogens with zero attached hydrogens (tertiary/aromatic N) is 4. The van der Waals surface area contributed by atoms with Crippen molar-refractivity contribution in [2.75, 3.05) is 26.2 Å². The van der Waals surface area contributed by atoms with E-state index in [2.05, 4.69) is 25.9 Å². The number of carbonyl (C=O) groups excluding carboxylic acids is 1. The predicted octanol–water partition coefficient (Wildman–Crippen LogP) is 2.27. The first-order valence-corrected chi connectivity index (χ1v) is 9.08. The molecule has 25 heavy (non-hydrogen) atoms. The summed E-state index contributed by atoms with van der Waals surface area (Å²) >= 11 is 0. The molecular weight excluding hydrogens is 320 g/mol. The van der Waals surface area contributed by atoms with E-state index in [-0.39, 0.29) is 11.4 Å². The second-order valence-corrected chi connectivity index (χ2v) is 8.20. The van der Waals surface area contributed by atoms with Crippen LogP contribution in [0.15, 0.2) is 12.3 Å². The molecule has 7 nitrogen and oxygen atoms in total. The normalized spacial score (nSPS) is 20.8. The van der Waals surface area contributed by atoms with Crippen molar-refractivity contribution in [2.45, 2.75) is 57.4 Å². The van der Waals surface area contributed by atoms with Crippen molar-refractivity contribution in [1.82, 2.24) is 19.6 Å². The van der Waals surface area contributed by atoms with E-state index in [4.69, 9.17) is 0 Å². The molecule has 0 unspecified atom stereocenters.